The van der Waals surface area contributed by atoms with Gasteiger partial charge in [0.25, 0.3) is 10.1 Å². The first-order valence-corrected chi connectivity index (χ1v) is 13.7. The molecule has 0 saturated carbocycles. The van der Waals surface area contributed by atoms with E-state index in [0.717, 1.165) is 18.4 Å². The molecule has 0 aliphatic heterocycles. The van der Waals surface area contributed by atoms with Crippen LogP contribution in [0.3, 0.4) is 0 Å². The van der Waals surface area contributed by atoms with E-state index in [4.69, 9.17) is 33.6 Å². The molecule has 1 atom stereocenters. The first-order chi connectivity index (χ1) is 17.0. The Labute approximate surface area is 215 Å². The van der Waals surface area contributed by atoms with Crippen LogP contribution in [-0.2, 0) is 42.8 Å². The average Bonchev–Trinajstić information content (AvgIpc) is 2.80. The van der Waals surface area contributed by atoms with Crippen LogP contribution in [0, 0.1) is 6.92 Å². The molecule has 208 valence electrons. The van der Waals surface area contributed by atoms with Crippen molar-refractivity contribution in [2.75, 3.05) is 59.5 Å². The molecule has 0 aliphatic carbocycles. The number of hydrogen-bond acceptors (Lipinski definition) is 10. The van der Waals surface area contributed by atoms with E-state index in [1.807, 2.05) is 27.7 Å². The number of rotatable bonds is 20. The van der Waals surface area contributed by atoms with Crippen LogP contribution >= 0.6 is 0 Å². The number of nitrogens with two attached hydrogens (primary N) is 1. The molecule has 1 aromatic rings. The van der Waals surface area contributed by atoms with E-state index < -0.39 is 21.8 Å². The van der Waals surface area contributed by atoms with Crippen LogP contribution < -0.4 is 5.73 Å². The molecular formula is C25H43NO9S. The molecule has 0 spiro atoms. The van der Waals surface area contributed by atoms with Crippen LogP contribution in [0.4, 0.5) is 0 Å². The first-order valence-electron chi connectivity index (χ1n) is 12.3. The number of unbranched alkanes of at least 4 members (excludes halogenated alkanes) is 1. The van der Waals surface area contributed by atoms with E-state index in [1.54, 1.807) is 12.1 Å². The molecular weight excluding hydrogens is 490 g/mol. The van der Waals surface area contributed by atoms with E-state index in [0.29, 0.717) is 52.7 Å². The summed E-state index contributed by atoms with van der Waals surface area (Å²) in [7, 11) is -3.77. The third kappa shape index (κ3) is 16.2. The fourth-order valence-corrected chi connectivity index (χ4v) is 3.69. The standard InChI is InChI=1S/C25H43NO9S/c1-21-8-10-22(11-9-21)36(28,29)34-20-19-33-18-17-32-16-15-31-14-13-30-12-6-5-7-23(26)24(27)35-25(2,3)4/h8-11,23H,5-7,12-20,26H2,1-4H3. The van der Waals surface area contributed by atoms with E-state index in [9.17, 15) is 13.2 Å². The van der Waals surface area contributed by atoms with Crippen molar-refractivity contribution in [1.29, 1.82) is 0 Å². The maximum absolute atomic E-state index is 12.0. The minimum atomic E-state index is -3.77. The Morgan fingerprint density at radius 3 is 1.78 bits per heavy atom. The fourth-order valence-electron chi connectivity index (χ4n) is 2.80. The highest BCUT2D eigenvalue weighted by molar-refractivity contribution is 7.86. The summed E-state index contributed by atoms with van der Waals surface area (Å²) in [5.74, 6) is -0.371. The summed E-state index contributed by atoms with van der Waals surface area (Å²) in [6.45, 7) is 10.5. The van der Waals surface area contributed by atoms with Gasteiger partial charge in [-0.15, -0.1) is 0 Å². The Morgan fingerprint density at radius 1 is 0.806 bits per heavy atom. The molecule has 1 aromatic carbocycles. The molecule has 11 heteroatoms. The molecule has 2 N–H and O–H groups in total. The molecule has 1 unspecified atom stereocenters. The van der Waals surface area contributed by atoms with Gasteiger partial charge in [0, 0.05) is 6.61 Å². The molecule has 0 aliphatic rings. The number of benzene rings is 1. The summed E-state index contributed by atoms with van der Waals surface area (Å²) in [6, 6.07) is 5.86. The maximum Gasteiger partial charge on any atom is 0.323 e. The molecule has 0 heterocycles. The van der Waals surface area contributed by atoms with Crippen LogP contribution in [0.1, 0.15) is 45.6 Å². The lowest BCUT2D eigenvalue weighted by atomic mass is 10.1. The predicted molar refractivity (Wildman–Crippen MR) is 135 cm³/mol. The monoisotopic (exact) mass is 533 g/mol. The highest BCUT2D eigenvalue weighted by Crippen LogP contribution is 2.13. The molecule has 36 heavy (non-hydrogen) atoms. The second-order valence-electron chi connectivity index (χ2n) is 9.17. The Hall–Kier alpha value is -1.60. The second-order valence-corrected chi connectivity index (χ2v) is 10.8. The van der Waals surface area contributed by atoms with E-state index in [2.05, 4.69) is 0 Å². The van der Waals surface area contributed by atoms with Crippen molar-refractivity contribution < 1.29 is 41.1 Å². The van der Waals surface area contributed by atoms with Crippen LogP contribution in [-0.4, -0.2) is 85.5 Å². The molecule has 0 fully saturated rings. The van der Waals surface area contributed by atoms with E-state index >= 15 is 0 Å². The lowest BCUT2D eigenvalue weighted by Crippen LogP contribution is -2.37. The lowest BCUT2D eigenvalue weighted by molar-refractivity contribution is -0.156. The van der Waals surface area contributed by atoms with Crippen LogP contribution in [0.2, 0.25) is 0 Å². The van der Waals surface area contributed by atoms with Crippen LogP contribution in [0.25, 0.3) is 0 Å². The van der Waals surface area contributed by atoms with Gasteiger partial charge in [-0.1, -0.05) is 17.7 Å². The summed E-state index contributed by atoms with van der Waals surface area (Å²) >= 11 is 0. The van der Waals surface area contributed by atoms with Gasteiger partial charge in [0.15, 0.2) is 0 Å². The van der Waals surface area contributed by atoms with Crippen molar-refractivity contribution in [1.82, 2.24) is 0 Å². The summed E-state index contributed by atoms with van der Waals surface area (Å²) in [4.78, 5) is 11.9. The van der Waals surface area contributed by atoms with Gasteiger partial charge >= 0.3 is 5.97 Å². The van der Waals surface area contributed by atoms with Crippen molar-refractivity contribution in [3.8, 4) is 0 Å². The van der Waals surface area contributed by atoms with Gasteiger partial charge in [-0.2, -0.15) is 8.42 Å². The van der Waals surface area contributed by atoms with Gasteiger partial charge in [-0.25, -0.2) is 0 Å². The zero-order valence-electron chi connectivity index (χ0n) is 22.0. The second kappa shape index (κ2) is 17.8. The molecule has 0 amide bonds. The number of ether oxygens (including phenoxy) is 5. The van der Waals surface area contributed by atoms with Gasteiger partial charge in [-0.05, 0) is 59.1 Å². The summed E-state index contributed by atoms with van der Waals surface area (Å²) in [6.07, 6.45) is 2.16. The SMILES string of the molecule is Cc1ccc(S(=O)(=O)OCCOCCOCCOCCOCCCCC(N)C(=O)OC(C)(C)C)cc1. The van der Waals surface area contributed by atoms with Crippen molar-refractivity contribution in [3.05, 3.63) is 29.8 Å². The Bertz CT molecular complexity index is 823. The molecule has 0 saturated heterocycles. The average molecular weight is 534 g/mol. The molecule has 1 rings (SSSR count). The number of carbonyl (C=O) groups is 1. The highest BCUT2D eigenvalue weighted by Gasteiger charge is 2.21. The van der Waals surface area contributed by atoms with Crippen LogP contribution in [0.5, 0.6) is 0 Å². The van der Waals surface area contributed by atoms with Gasteiger partial charge in [0.05, 0.1) is 57.8 Å². The van der Waals surface area contributed by atoms with Crippen molar-refractivity contribution in [2.45, 2.75) is 63.5 Å². The van der Waals surface area contributed by atoms with Crippen molar-refractivity contribution in [3.63, 3.8) is 0 Å². The zero-order chi connectivity index (χ0) is 26.9. The van der Waals surface area contributed by atoms with Gasteiger partial charge in [0.1, 0.15) is 11.6 Å². The molecule has 10 nitrogen and oxygen atoms in total. The topological polar surface area (TPSA) is 133 Å². The third-order valence-electron chi connectivity index (χ3n) is 4.66. The summed E-state index contributed by atoms with van der Waals surface area (Å²) in [5, 5.41) is 0. The minimum absolute atomic E-state index is 0.0597. The smallest absolute Gasteiger partial charge is 0.323 e. The third-order valence-corrected chi connectivity index (χ3v) is 5.98. The number of carbonyl (C=O) groups excluding carboxylic acids is 1. The van der Waals surface area contributed by atoms with Gasteiger partial charge in [0.2, 0.25) is 0 Å². The first kappa shape index (κ1) is 32.4. The number of aryl methyl sites for hydroxylation is 1. The van der Waals surface area contributed by atoms with Gasteiger partial charge < -0.3 is 29.4 Å². The van der Waals surface area contributed by atoms with Crippen LogP contribution in [0.15, 0.2) is 29.2 Å². The zero-order valence-corrected chi connectivity index (χ0v) is 22.8. The normalized spacial score (nSPS) is 13.0. The number of esters is 1. The maximum atomic E-state index is 12.0. The molecule has 0 radical (unpaired) electrons. The van der Waals surface area contributed by atoms with E-state index in [-0.39, 0.29) is 24.1 Å². The van der Waals surface area contributed by atoms with Crippen molar-refractivity contribution >= 4 is 16.1 Å². The Kier molecular flexibility index (Phi) is 16.0. The summed E-state index contributed by atoms with van der Waals surface area (Å²) in [5.41, 5.74) is 6.29. The van der Waals surface area contributed by atoms with E-state index in [1.165, 1.54) is 12.1 Å². The Balaban J connectivity index is 1.86. The largest absolute Gasteiger partial charge is 0.459 e. The summed E-state index contributed by atoms with van der Waals surface area (Å²) < 4.78 is 55.9. The minimum Gasteiger partial charge on any atom is -0.459 e. The van der Waals surface area contributed by atoms with Gasteiger partial charge in [-0.3, -0.25) is 8.98 Å². The number of hydrogen-bond donors (Lipinski definition) is 1. The molecule has 0 bridgehead atoms. The fraction of sp³-hybridized carbons (Fsp3) is 0.720. The molecule has 0 aromatic heterocycles. The van der Waals surface area contributed by atoms with Crippen molar-refractivity contribution in [2.24, 2.45) is 5.73 Å². The quantitative estimate of drug-likeness (QED) is 0.151. The highest BCUT2D eigenvalue weighted by atomic mass is 32.2. The predicted octanol–water partition coefficient (Wildman–Crippen LogP) is 2.61. The lowest BCUT2D eigenvalue weighted by Gasteiger charge is -2.22. The Morgan fingerprint density at radius 2 is 1.28 bits per heavy atom.